The molecule has 772 valence electrons. The number of halogens is 26. The molecule has 0 aliphatic heterocycles. The fourth-order valence-corrected chi connectivity index (χ4v) is 19.6. The van der Waals surface area contributed by atoms with Gasteiger partial charge in [0.2, 0.25) is 0 Å². The van der Waals surface area contributed by atoms with Gasteiger partial charge in [0.05, 0.1) is 65.0 Å². The second-order valence-electron chi connectivity index (χ2n) is 32.6. The molecule has 0 atom stereocenters. The Labute approximate surface area is 772 Å². The van der Waals surface area contributed by atoms with E-state index in [1.807, 2.05) is 0 Å². The van der Waals surface area contributed by atoms with Gasteiger partial charge >= 0.3 is 43.6 Å². The van der Waals surface area contributed by atoms with Crippen LogP contribution in [0.1, 0.15) is 196 Å². The van der Waals surface area contributed by atoms with Gasteiger partial charge in [-0.3, -0.25) is 18.1 Å². The molecule has 0 saturated carbocycles. The number of alkyl halides is 26. The van der Waals surface area contributed by atoms with E-state index in [9.17, 15) is 154 Å². The number of phosphoric ester groups is 4. The molecule has 20 nitrogen and oxygen atoms in total. The zero-order valence-corrected chi connectivity index (χ0v) is 78.9. The second-order valence-corrected chi connectivity index (χ2v) is 42.4. The molecule has 0 fully saturated rings. The third-order valence-corrected chi connectivity index (χ3v) is 25.6. The molecule has 1 aliphatic carbocycles. The third kappa shape index (κ3) is 52.7. The molecule has 0 radical (unpaired) electrons. The molecule has 8 bridgehead atoms. The molecule has 8 N–H and O–H groups in total. The molecular formula is C80H106F26O20P4S4. The maximum Gasteiger partial charge on any atom is 0.469 e. The van der Waals surface area contributed by atoms with Gasteiger partial charge in [-0.25, -0.2) is 106 Å². The Balaban J connectivity index is 1.88. The van der Waals surface area contributed by atoms with E-state index in [1.54, 1.807) is 24.3 Å². The summed E-state index contributed by atoms with van der Waals surface area (Å²) < 4.78 is 460. The quantitative estimate of drug-likeness (QED) is 0.0102. The Kier molecular flexibility index (Phi) is 46.7. The van der Waals surface area contributed by atoms with Crippen LogP contribution in [0, 0.1) is 0 Å². The normalized spacial score (nSPS) is 14.3. The van der Waals surface area contributed by atoms with Gasteiger partial charge < -0.3 is 58.1 Å². The van der Waals surface area contributed by atoms with Crippen molar-refractivity contribution in [3.05, 3.63) is 115 Å². The molecule has 4 aromatic rings. The topological polar surface area (TPSA) is 304 Å². The highest BCUT2D eigenvalue weighted by Gasteiger charge is 2.53. The van der Waals surface area contributed by atoms with Crippen LogP contribution in [-0.2, 0) is 87.7 Å². The molecular weight excluding hydrogens is 2030 g/mol. The number of aryl methyl sites for hydroxylation is 4. The van der Waals surface area contributed by atoms with Crippen LogP contribution in [0.15, 0.2) is 48.5 Å². The molecule has 0 amide bonds. The third-order valence-electron chi connectivity index (χ3n) is 19.1. The Morgan fingerprint density at radius 2 is 0.440 bits per heavy atom. The summed E-state index contributed by atoms with van der Waals surface area (Å²) in [4.78, 5) is 79.0. The van der Waals surface area contributed by atoms with E-state index in [2.05, 4.69) is 0 Å². The molecule has 54 heteroatoms. The maximum absolute atomic E-state index is 15.1. The Bertz CT molecular complexity index is 4240. The van der Waals surface area contributed by atoms with Crippen molar-refractivity contribution in [2.45, 2.75) is 252 Å². The van der Waals surface area contributed by atoms with Crippen molar-refractivity contribution >= 4 is 78.3 Å². The van der Waals surface area contributed by atoms with Crippen LogP contribution >= 0.6 is 78.3 Å². The number of fused-ring (bicyclic) bond motifs is 8. The van der Waals surface area contributed by atoms with Crippen molar-refractivity contribution < 1.29 is 209 Å². The van der Waals surface area contributed by atoms with E-state index < -0.39 is 283 Å². The summed E-state index contributed by atoms with van der Waals surface area (Å²) in [6.07, 6.45) is -37.6. The average Bonchev–Trinajstić information content (AvgIpc) is 0.769. The number of thioether (sulfide) groups is 4. The van der Waals surface area contributed by atoms with E-state index in [1.165, 1.54) is 24.3 Å². The van der Waals surface area contributed by atoms with Crippen molar-refractivity contribution in [3.63, 3.8) is 0 Å². The lowest BCUT2D eigenvalue weighted by atomic mass is 9.87. The lowest BCUT2D eigenvalue weighted by Gasteiger charge is -2.25. The van der Waals surface area contributed by atoms with Crippen LogP contribution in [0.2, 0.25) is 0 Å². The van der Waals surface area contributed by atoms with Crippen LogP contribution in [0.3, 0.4) is 0 Å². The second kappa shape index (κ2) is 51.9. The molecule has 0 saturated heterocycles. The number of ether oxygens (including phenoxy) is 4. The van der Waals surface area contributed by atoms with Gasteiger partial charge in [-0.05, 0) is 191 Å². The monoisotopic (exact) mass is 2130 g/mol. The first-order valence-corrected chi connectivity index (χ1v) is 52.1. The first-order valence-electron chi connectivity index (χ1n) is 41.3. The minimum absolute atomic E-state index is 0.00236. The predicted octanol–water partition coefficient (Wildman–Crippen LogP) is 24.0. The number of phosphoric acid groups is 4. The van der Waals surface area contributed by atoms with Crippen molar-refractivity contribution in [1.82, 2.24) is 0 Å². The first-order chi connectivity index (χ1) is 61.2. The Hall–Kier alpha value is -3.90. The molecule has 0 heterocycles. The van der Waals surface area contributed by atoms with Crippen molar-refractivity contribution in [3.8, 4) is 23.0 Å². The lowest BCUT2D eigenvalue weighted by molar-refractivity contribution is -0.208. The number of rotatable bonds is 64. The zero-order valence-electron chi connectivity index (χ0n) is 72.0. The molecule has 0 aromatic heterocycles. The molecule has 4 aromatic carbocycles. The highest BCUT2D eigenvalue weighted by Crippen LogP contribution is 2.49. The smallest absolute Gasteiger partial charge is 0.469 e. The van der Waals surface area contributed by atoms with Crippen LogP contribution in [0.5, 0.6) is 23.0 Å². The van der Waals surface area contributed by atoms with Gasteiger partial charge in [0.15, 0.2) is 0 Å². The summed E-state index contributed by atoms with van der Waals surface area (Å²) in [6.45, 7) is -6.21. The maximum atomic E-state index is 15.1. The van der Waals surface area contributed by atoms with Gasteiger partial charge in [-0.2, -0.15) is 73.4 Å². The average molecular weight is 2130 g/mol. The summed E-state index contributed by atoms with van der Waals surface area (Å²) >= 11 is 3.75. The molecule has 5 rings (SSSR count). The summed E-state index contributed by atoms with van der Waals surface area (Å²) in [6, 6.07) is 12.3. The van der Waals surface area contributed by atoms with Gasteiger partial charge in [0.1, 0.15) is 62.3 Å². The SMILES string of the molecule is CC(F)(F)CC(F)(F)CC(F)(F)CCSCCCc1cc2c(OCCOP(=O)(O)O)c(c1)Cc1cc(CCCSCCC(F)(F)CC(F)(F)CC(C)(F)F)cc(c1OCCOP(=O)(O)O)Cc1cc(CCCSCCCC(F)(F)CC(F)(F)CC(F)(F)F)cc(c1OCCOP(=O)(O)O)Cc1cc(CCCSCCCC(F)(F)CC(F)(F)CC(F)(F)F)cc(c1OCCOP(=O)(O)O)C2. The molecule has 0 unspecified atom stereocenters. The summed E-state index contributed by atoms with van der Waals surface area (Å²) in [5, 5.41) is 0. The summed E-state index contributed by atoms with van der Waals surface area (Å²) in [5.41, 5.74) is 2.14. The molecule has 134 heavy (non-hydrogen) atoms. The van der Waals surface area contributed by atoms with E-state index in [0.29, 0.717) is 22.3 Å². The van der Waals surface area contributed by atoms with E-state index in [-0.39, 0.29) is 167 Å². The lowest BCUT2D eigenvalue weighted by Crippen LogP contribution is -2.34. The van der Waals surface area contributed by atoms with Gasteiger partial charge in [0.25, 0.3) is 59.2 Å². The largest absolute Gasteiger partial charge is 0.491 e. The standard InChI is InChI=1S/C80H106F26O20P4S4/c1-69(81,82)45-75(93,94)49-73(89,90)15-31-133-27-5-11-55-37-61-42-59-35-53(9-3-25-131-29-7-13-71(85,86)47-77(97,98)51-79(101,102)103)33-57(65(59)119-17-21-123-127(107,108)109)41-58-34-54(10-4-26-132-30-8-14-72(87,88)48-78(99,100)52-80(104,105)106)36-60(66(58)120-18-22-124-128(110,111)112)43-62-38-56(12-6-28-134-32-16-74(91,92)50-76(95,96)46-70(2,83)84)40-64(68(62)122-20-24-126-130(116,117)118)44-63(39-55)67(61)121-19-23-125-129(113,114)115/h33-40H,3-32,41-52H2,1-2H3,(H2,107,108,109)(H2,110,111,112)(H2,113,114,115)(H2,116,117,118). The molecule has 0 spiro atoms. The molecule has 1 aliphatic rings. The van der Waals surface area contributed by atoms with Crippen LogP contribution < -0.4 is 18.9 Å². The number of hydrogen-bond acceptors (Lipinski definition) is 16. The van der Waals surface area contributed by atoms with Crippen LogP contribution in [0.4, 0.5) is 114 Å². The van der Waals surface area contributed by atoms with Crippen molar-refractivity contribution in [1.29, 1.82) is 0 Å². The van der Waals surface area contributed by atoms with Gasteiger partial charge in [0, 0.05) is 51.4 Å². The number of hydrogen-bond donors (Lipinski definition) is 8. The first kappa shape index (κ1) is 121. The van der Waals surface area contributed by atoms with Crippen LogP contribution in [-0.4, -0.2) is 210 Å². The highest BCUT2D eigenvalue weighted by atomic mass is 32.2. The Morgan fingerprint density at radius 1 is 0.254 bits per heavy atom. The Morgan fingerprint density at radius 3 is 0.634 bits per heavy atom. The van der Waals surface area contributed by atoms with E-state index in [4.69, 9.17) is 37.0 Å². The van der Waals surface area contributed by atoms with E-state index in [0.717, 1.165) is 47.0 Å². The van der Waals surface area contributed by atoms with Gasteiger partial charge in [-0.1, -0.05) is 48.5 Å². The summed E-state index contributed by atoms with van der Waals surface area (Å²) in [7, 11) is -21.3. The number of benzene rings is 4. The highest BCUT2D eigenvalue weighted by molar-refractivity contribution is 7.99. The zero-order chi connectivity index (χ0) is 101. The predicted molar refractivity (Wildman–Crippen MR) is 451 cm³/mol. The fourth-order valence-electron chi connectivity index (χ4n) is 14.5. The summed E-state index contributed by atoms with van der Waals surface area (Å²) in [5.74, 6) is -45.2. The van der Waals surface area contributed by atoms with Crippen LogP contribution in [0.25, 0.3) is 0 Å². The van der Waals surface area contributed by atoms with Crippen molar-refractivity contribution in [2.24, 2.45) is 0 Å². The fraction of sp³-hybridized carbons (Fsp3) is 0.700. The van der Waals surface area contributed by atoms with Gasteiger partial charge in [-0.15, -0.1) is 0 Å². The van der Waals surface area contributed by atoms with E-state index >= 15 is 17.6 Å². The minimum Gasteiger partial charge on any atom is -0.491 e. The van der Waals surface area contributed by atoms with Crippen molar-refractivity contribution in [2.75, 3.05) is 98.9 Å². The minimum atomic E-state index is -5.48.